The normalized spacial score (nSPS) is 22.9. The molecule has 2 N–H and O–H groups in total. The predicted molar refractivity (Wildman–Crippen MR) is 70.0 cm³/mol. The van der Waals surface area contributed by atoms with Crippen LogP contribution in [0.5, 0.6) is 0 Å². The third-order valence-corrected chi connectivity index (χ3v) is 3.46. The van der Waals surface area contributed by atoms with Gasteiger partial charge in [-0.3, -0.25) is 0 Å². The molecular formula is C13H19N3O3. The number of carbonyl (C=O) groups excluding carboxylic acids is 1. The highest BCUT2D eigenvalue weighted by atomic mass is 16.5. The van der Waals surface area contributed by atoms with E-state index in [1.165, 1.54) is 13.4 Å². The molecule has 19 heavy (non-hydrogen) atoms. The lowest BCUT2D eigenvalue weighted by Crippen LogP contribution is -2.29. The van der Waals surface area contributed by atoms with Crippen molar-refractivity contribution in [3.63, 3.8) is 0 Å². The van der Waals surface area contributed by atoms with E-state index in [2.05, 4.69) is 15.3 Å². The Kier molecular flexibility index (Phi) is 4.31. The van der Waals surface area contributed by atoms with Gasteiger partial charge < -0.3 is 15.2 Å². The molecule has 0 unspecified atom stereocenters. The van der Waals surface area contributed by atoms with Crippen molar-refractivity contribution in [3.05, 3.63) is 17.6 Å². The highest BCUT2D eigenvalue weighted by Gasteiger charge is 2.23. The van der Waals surface area contributed by atoms with Crippen LogP contribution >= 0.6 is 0 Å². The number of hydrogen-bond acceptors (Lipinski definition) is 6. The van der Waals surface area contributed by atoms with Gasteiger partial charge in [-0.05, 0) is 32.6 Å². The SMILES string of the molecule is COC(=O)c1c(C)ncnc1NC1CCC(O)CC1. The lowest BCUT2D eigenvalue weighted by atomic mass is 9.93. The highest BCUT2D eigenvalue weighted by Crippen LogP contribution is 2.24. The summed E-state index contributed by atoms with van der Waals surface area (Å²) >= 11 is 0. The van der Waals surface area contributed by atoms with Crippen LogP contribution < -0.4 is 5.32 Å². The Hall–Kier alpha value is -1.69. The minimum Gasteiger partial charge on any atom is -0.465 e. The maximum atomic E-state index is 11.8. The van der Waals surface area contributed by atoms with Gasteiger partial charge in [-0.1, -0.05) is 0 Å². The number of rotatable bonds is 3. The van der Waals surface area contributed by atoms with Gasteiger partial charge >= 0.3 is 5.97 Å². The molecule has 6 heteroatoms. The number of aliphatic hydroxyl groups is 1. The highest BCUT2D eigenvalue weighted by molar-refractivity contribution is 5.95. The fraction of sp³-hybridized carbons (Fsp3) is 0.615. The molecule has 0 radical (unpaired) electrons. The zero-order valence-corrected chi connectivity index (χ0v) is 11.2. The van der Waals surface area contributed by atoms with Gasteiger partial charge in [0.25, 0.3) is 0 Å². The molecule has 0 spiro atoms. The van der Waals surface area contributed by atoms with Gasteiger partial charge in [-0.15, -0.1) is 0 Å². The maximum absolute atomic E-state index is 11.8. The standard InChI is InChI=1S/C13H19N3O3/c1-8-11(13(18)19-2)12(15-7-14-8)16-9-3-5-10(17)6-4-9/h7,9-10,17H,3-6H2,1-2H3,(H,14,15,16). The number of aliphatic hydroxyl groups excluding tert-OH is 1. The second-order valence-corrected chi connectivity index (χ2v) is 4.82. The molecule has 2 rings (SSSR count). The Morgan fingerprint density at radius 2 is 2.05 bits per heavy atom. The summed E-state index contributed by atoms with van der Waals surface area (Å²) in [6.07, 6.45) is 4.51. The van der Waals surface area contributed by atoms with Gasteiger partial charge in [0.2, 0.25) is 0 Å². The van der Waals surface area contributed by atoms with E-state index >= 15 is 0 Å². The number of hydrogen-bond donors (Lipinski definition) is 2. The largest absolute Gasteiger partial charge is 0.465 e. The summed E-state index contributed by atoms with van der Waals surface area (Å²) in [5, 5.41) is 12.8. The maximum Gasteiger partial charge on any atom is 0.343 e. The van der Waals surface area contributed by atoms with Crippen LogP contribution in [0.25, 0.3) is 0 Å². The lowest BCUT2D eigenvalue weighted by Gasteiger charge is -2.27. The number of methoxy groups -OCH3 is 1. The summed E-state index contributed by atoms with van der Waals surface area (Å²) < 4.78 is 4.77. The fourth-order valence-electron chi connectivity index (χ4n) is 2.34. The summed E-state index contributed by atoms with van der Waals surface area (Å²) in [5.41, 5.74) is 0.983. The minimum atomic E-state index is -0.434. The molecule has 1 aromatic rings. The number of aryl methyl sites for hydroxylation is 1. The Balaban J connectivity index is 2.16. The van der Waals surface area contributed by atoms with Crippen LogP contribution in [0.3, 0.4) is 0 Å². The van der Waals surface area contributed by atoms with Gasteiger partial charge in [-0.2, -0.15) is 0 Å². The number of carbonyl (C=O) groups is 1. The van der Waals surface area contributed by atoms with E-state index < -0.39 is 5.97 Å². The van der Waals surface area contributed by atoms with Gasteiger partial charge in [0, 0.05) is 6.04 Å². The first kappa shape index (κ1) is 13.7. The van der Waals surface area contributed by atoms with Crippen molar-refractivity contribution in [2.24, 2.45) is 0 Å². The summed E-state index contributed by atoms with van der Waals surface area (Å²) in [6.45, 7) is 1.75. The Bertz CT molecular complexity index is 456. The predicted octanol–water partition coefficient (Wildman–Crippen LogP) is 1.29. The zero-order valence-electron chi connectivity index (χ0n) is 11.2. The van der Waals surface area contributed by atoms with Gasteiger partial charge in [0.05, 0.1) is 18.9 Å². The average molecular weight is 265 g/mol. The van der Waals surface area contributed by atoms with Crippen molar-refractivity contribution in [1.29, 1.82) is 0 Å². The molecule has 1 fully saturated rings. The number of aromatic nitrogens is 2. The quantitative estimate of drug-likeness (QED) is 0.801. The Morgan fingerprint density at radius 1 is 1.37 bits per heavy atom. The minimum absolute atomic E-state index is 0.203. The number of anilines is 1. The second kappa shape index (κ2) is 5.97. The van der Waals surface area contributed by atoms with Crippen molar-refractivity contribution in [3.8, 4) is 0 Å². The van der Waals surface area contributed by atoms with Crippen LogP contribution in [-0.2, 0) is 4.74 Å². The van der Waals surface area contributed by atoms with E-state index in [1.54, 1.807) is 6.92 Å². The van der Waals surface area contributed by atoms with Crippen LogP contribution in [0.15, 0.2) is 6.33 Å². The van der Waals surface area contributed by atoms with Gasteiger partial charge in [-0.25, -0.2) is 14.8 Å². The molecule has 1 saturated carbocycles. The van der Waals surface area contributed by atoms with E-state index in [9.17, 15) is 9.90 Å². The second-order valence-electron chi connectivity index (χ2n) is 4.82. The molecule has 0 amide bonds. The van der Waals surface area contributed by atoms with Crippen molar-refractivity contribution in [2.45, 2.75) is 44.8 Å². The van der Waals surface area contributed by atoms with Crippen LogP contribution in [0.1, 0.15) is 41.7 Å². The first-order valence-corrected chi connectivity index (χ1v) is 6.46. The Morgan fingerprint density at radius 3 is 2.68 bits per heavy atom. The van der Waals surface area contributed by atoms with Gasteiger partial charge in [0.15, 0.2) is 0 Å². The first-order chi connectivity index (χ1) is 9.11. The number of nitrogens with zero attached hydrogens (tertiary/aromatic N) is 2. The molecule has 1 heterocycles. The van der Waals surface area contributed by atoms with Crippen LogP contribution in [-0.4, -0.2) is 40.3 Å². The molecule has 0 atom stereocenters. The molecule has 0 aromatic carbocycles. The van der Waals surface area contributed by atoms with Crippen molar-refractivity contribution in [2.75, 3.05) is 12.4 Å². The molecule has 1 aliphatic rings. The fourth-order valence-corrected chi connectivity index (χ4v) is 2.34. The van der Waals surface area contributed by atoms with E-state index in [-0.39, 0.29) is 12.1 Å². The number of ether oxygens (including phenoxy) is 1. The summed E-state index contributed by atoms with van der Waals surface area (Å²) in [6, 6.07) is 0.223. The summed E-state index contributed by atoms with van der Waals surface area (Å²) in [4.78, 5) is 19.9. The van der Waals surface area contributed by atoms with Crippen LogP contribution in [0.2, 0.25) is 0 Å². The average Bonchev–Trinajstić information content (AvgIpc) is 2.41. The van der Waals surface area contributed by atoms with Crippen molar-refractivity contribution < 1.29 is 14.6 Å². The molecule has 0 aliphatic heterocycles. The zero-order chi connectivity index (χ0) is 13.8. The molecule has 1 aliphatic carbocycles. The molecule has 0 bridgehead atoms. The molecule has 0 saturated heterocycles. The smallest absolute Gasteiger partial charge is 0.343 e. The third kappa shape index (κ3) is 3.20. The number of esters is 1. The van der Waals surface area contributed by atoms with E-state index in [0.717, 1.165) is 25.7 Å². The topological polar surface area (TPSA) is 84.3 Å². The monoisotopic (exact) mass is 265 g/mol. The van der Waals surface area contributed by atoms with E-state index in [0.29, 0.717) is 17.1 Å². The van der Waals surface area contributed by atoms with Crippen molar-refractivity contribution >= 4 is 11.8 Å². The molecule has 1 aromatic heterocycles. The van der Waals surface area contributed by atoms with Crippen molar-refractivity contribution in [1.82, 2.24) is 9.97 Å². The molecular weight excluding hydrogens is 246 g/mol. The van der Waals surface area contributed by atoms with Crippen LogP contribution in [0, 0.1) is 6.92 Å². The Labute approximate surface area is 112 Å². The number of nitrogens with one attached hydrogen (secondary N) is 1. The third-order valence-electron chi connectivity index (χ3n) is 3.46. The first-order valence-electron chi connectivity index (χ1n) is 6.46. The van der Waals surface area contributed by atoms with E-state index in [1.807, 2.05) is 0 Å². The van der Waals surface area contributed by atoms with Crippen LogP contribution in [0.4, 0.5) is 5.82 Å². The van der Waals surface area contributed by atoms with E-state index in [4.69, 9.17) is 4.74 Å². The molecule has 6 nitrogen and oxygen atoms in total. The summed E-state index contributed by atoms with van der Waals surface area (Å²) in [5.74, 6) is 0.0807. The lowest BCUT2D eigenvalue weighted by molar-refractivity contribution is 0.0599. The van der Waals surface area contributed by atoms with Gasteiger partial charge in [0.1, 0.15) is 17.7 Å². The summed E-state index contributed by atoms with van der Waals surface area (Å²) in [7, 11) is 1.34. The molecule has 104 valence electrons.